The normalized spacial score (nSPS) is 13.4. The Kier molecular flexibility index (Phi) is 5.89. The predicted molar refractivity (Wildman–Crippen MR) is 68.6 cm³/mol. The Hall–Kier alpha value is -1.86. The number of carbonyl (C=O) groups excluding carboxylic acids is 1. The third-order valence-electron chi connectivity index (χ3n) is 2.71. The average Bonchev–Trinajstić information content (AvgIpc) is 2.37. The molecular formula is C14H18N2O2. The third kappa shape index (κ3) is 4.56. The minimum atomic E-state index is -0.687. The SMILES string of the molecule is CC(CCO)NC(=O)C(C#N)Cc1ccccc1. The molecule has 4 nitrogen and oxygen atoms in total. The average molecular weight is 246 g/mol. The van der Waals surface area contributed by atoms with E-state index in [0.29, 0.717) is 12.8 Å². The van der Waals surface area contributed by atoms with Crippen LogP contribution in [0.25, 0.3) is 0 Å². The molecule has 4 heteroatoms. The fourth-order valence-corrected chi connectivity index (χ4v) is 1.66. The topological polar surface area (TPSA) is 73.1 Å². The maximum atomic E-state index is 11.8. The van der Waals surface area contributed by atoms with Crippen molar-refractivity contribution in [2.24, 2.45) is 5.92 Å². The van der Waals surface area contributed by atoms with Gasteiger partial charge in [-0.15, -0.1) is 0 Å². The summed E-state index contributed by atoms with van der Waals surface area (Å²) in [6.07, 6.45) is 0.907. The van der Waals surface area contributed by atoms with Gasteiger partial charge in [0, 0.05) is 12.6 Å². The molecule has 0 fully saturated rings. The Morgan fingerprint density at radius 3 is 2.67 bits per heavy atom. The Bertz CT molecular complexity index is 412. The van der Waals surface area contributed by atoms with Crippen LogP contribution in [0.4, 0.5) is 0 Å². The lowest BCUT2D eigenvalue weighted by Crippen LogP contribution is -2.38. The Balaban J connectivity index is 2.56. The molecule has 0 aliphatic rings. The molecule has 18 heavy (non-hydrogen) atoms. The predicted octanol–water partition coefficient (Wildman–Crippen LogP) is 1.26. The molecule has 0 aliphatic carbocycles. The molecule has 2 N–H and O–H groups in total. The van der Waals surface area contributed by atoms with Crippen LogP contribution < -0.4 is 5.32 Å². The summed E-state index contributed by atoms with van der Waals surface area (Å²) in [6.45, 7) is 1.84. The van der Waals surface area contributed by atoms with E-state index >= 15 is 0 Å². The van der Waals surface area contributed by atoms with Crippen LogP contribution in [0.2, 0.25) is 0 Å². The minimum absolute atomic E-state index is 0.0252. The van der Waals surface area contributed by atoms with E-state index in [1.54, 1.807) is 0 Å². The van der Waals surface area contributed by atoms with E-state index in [4.69, 9.17) is 10.4 Å². The zero-order chi connectivity index (χ0) is 13.4. The van der Waals surface area contributed by atoms with Gasteiger partial charge in [0.1, 0.15) is 5.92 Å². The number of aliphatic hydroxyl groups excluding tert-OH is 1. The zero-order valence-electron chi connectivity index (χ0n) is 10.5. The molecule has 2 atom stereocenters. The van der Waals surface area contributed by atoms with Crippen molar-refractivity contribution in [3.8, 4) is 6.07 Å². The molecule has 1 rings (SSSR count). The molecule has 1 aromatic rings. The summed E-state index contributed by atoms with van der Waals surface area (Å²) < 4.78 is 0. The molecule has 0 aromatic heterocycles. The third-order valence-corrected chi connectivity index (χ3v) is 2.71. The van der Waals surface area contributed by atoms with Gasteiger partial charge in [0.2, 0.25) is 5.91 Å². The van der Waals surface area contributed by atoms with Crippen LogP contribution in [0.15, 0.2) is 30.3 Å². The lowest BCUT2D eigenvalue weighted by atomic mass is 9.99. The molecule has 96 valence electrons. The van der Waals surface area contributed by atoms with Crippen LogP contribution in [0.1, 0.15) is 18.9 Å². The first kappa shape index (κ1) is 14.2. The smallest absolute Gasteiger partial charge is 0.237 e. The van der Waals surface area contributed by atoms with E-state index in [1.807, 2.05) is 43.3 Å². The van der Waals surface area contributed by atoms with Gasteiger partial charge < -0.3 is 10.4 Å². The number of nitrogens with zero attached hydrogens (tertiary/aromatic N) is 1. The van der Waals surface area contributed by atoms with Gasteiger partial charge in [-0.1, -0.05) is 30.3 Å². The van der Waals surface area contributed by atoms with Gasteiger partial charge in [-0.25, -0.2) is 0 Å². The summed E-state index contributed by atoms with van der Waals surface area (Å²) in [5.74, 6) is -0.962. The highest BCUT2D eigenvalue weighted by Crippen LogP contribution is 2.08. The molecule has 0 heterocycles. The standard InChI is InChI=1S/C14H18N2O2/c1-11(7-8-17)16-14(18)13(10-15)9-12-5-3-2-4-6-12/h2-6,11,13,17H,7-9H2,1H3,(H,16,18). The van der Waals surface area contributed by atoms with Crippen molar-refractivity contribution in [2.75, 3.05) is 6.61 Å². The quantitative estimate of drug-likeness (QED) is 0.793. The monoisotopic (exact) mass is 246 g/mol. The zero-order valence-corrected chi connectivity index (χ0v) is 10.5. The molecule has 1 aromatic carbocycles. The maximum absolute atomic E-state index is 11.8. The van der Waals surface area contributed by atoms with Crippen molar-refractivity contribution in [3.63, 3.8) is 0 Å². The summed E-state index contributed by atoms with van der Waals surface area (Å²) in [4.78, 5) is 11.8. The van der Waals surface area contributed by atoms with Crippen LogP contribution in [0.3, 0.4) is 0 Å². The molecule has 0 aliphatic heterocycles. The van der Waals surface area contributed by atoms with E-state index in [2.05, 4.69) is 5.32 Å². The van der Waals surface area contributed by atoms with Crippen LogP contribution in [-0.2, 0) is 11.2 Å². The first-order valence-electron chi connectivity index (χ1n) is 6.02. The Morgan fingerprint density at radius 1 is 1.44 bits per heavy atom. The molecule has 0 radical (unpaired) electrons. The molecule has 2 unspecified atom stereocenters. The van der Waals surface area contributed by atoms with E-state index in [0.717, 1.165) is 5.56 Å². The van der Waals surface area contributed by atoms with Crippen molar-refractivity contribution >= 4 is 5.91 Å². The molecular weight excluding hydrogens is 228 g/mol. The van der Waals surface area contributed by atoms with E-state index < -0.39 is 5.92 Å². The number of amides is 1. The van der Waals surface area contributed by atoms with Crippen LogP contribution >= 0.6 is 0 Å². The van der Waals surface area contributed by atoms with Crippen LogP contribution in [-0.4, -0.2) is 23.7 Å². The second-order valence-electron chi connectivity index (χ2n) is 4.29. The van der Waals surface area contributed by atoms with Gasteiger partial charge in [-0.2, -0.15) is 5.26 Å². The largest absolute Gasteiger partial charge is 0.396 e. The number of benzene rings is 1. The summed E-state index contributed by atoms with van der Waals surface area (Å²) in [6, 6.07) is 11.4. The second-order valence-corrected chi connectivity index (χ2v) is 4.29. The lowest BCUT2D eigenvalue weighted by molar-refractivity contribution is -0.124. The van der Waals surface area contributed by atoms with Gasteiger partial charge in [-0.05, 0) is 25.3 Å². The van der Waals surface area contributed by atoms with Crippen LogP contribution in [0.5, 0.6) is 0 Å². The van der Waals surface area contributed by atoms with Gasteiger partial charge >= 0.3 is 0 Å². The molecule has 0 saturated carbocycles. The maximum Gasteiger partial charge on any atom is 0.237 e. The van der Waals surface area contributed by atoms with Gasteiger partial charge in [0.15, 0.2) is 0 Å². The number of rotatable bonds is 6. The number of aliphatic hydroxyl groups is 1. The van der Waals surface area contributed by atoms with Crippen molar-refractivity contribution in [1.82, 2.24) is 5.32 Å². The number of nitriles is 1. The fourth-order valence-electron chi connectivity index (χ4n) is 1.66. The first-order chi connectivity index (χ1) is 8.67. The molecule has 0 spiro atoms. The number of carbonyl (C=O) groups is 1. The summed E-state index contributed by atoms with van der Waals surface area (Å²) >= 11 is 0. The number of hydrogen-bond donors (Lipinski definition) is 2. The highest BCUT2D eigenvalue weighted by molar-refractivity contribution is 5.81. The minimum Gasteiger partial charge on any atom is -0.396 e. The molecule has 0 saturated heterocycles. The summed E-state index contributed by atoms with van der Waals surface area (Å²) in [7, 11) is 0. The van der Waals surface area contributed by atoms with Crippen molar-refractivity contribution in [3.05, 3.63) is 35.9 Å². The van der Waals surface area contributed by atoms with Gasteiger partial charge in [0.05, 0.1) is 6.07 Å². The van der Waals surface area contributed by atoms with Gasteiger partial charge in [0.25, 0.3) is 0 Å². The Morgan fingerprint density at radius 2 is 2.11 bits per heavy atom. The van der Waals surface area contributed by atoms with Crippen molar-refractivity contribution in [2.45, 2.75) is 25.8 Å². The second kappa shape index (κ2) is 7.46. The highest BCUT2D eigenvalue weighted by atomic mass is 16.3. The lowest BCUT2D eigenvalue weighted by Gasteiger charge is -2.15. The van der Waals surface area contributed by atoms with Gasteiger partial charge in [-0.3, -0.25) is 4.79 Å². The van der Waals surface area contributed by atoms with Crippen molar-refractivity contribution < 1.29 is 9.90 Å². The first-order valence-corrected chi connectivity index (χ1v) is 6.02. The molecule has 0 bridgehead atoms. The number of hydrogen-bond acceptors (Lipinski definition) is 3. The van der Waals surface area contributed by atoms with Crippen molar-refractivity contribution in [1.29, 1.82) is 5.26 Å². The number of nitrogens with one attached hydrogen (secondary N) is 1. The fraction of sp³-hybridized carbons (Fsp3) is 0.429. The molecule has 1 amide bonds. The summed E-state index contributed by atoms with van der Waals surface area (Å²) in [5, 5.41) is 20.5. The van der Waals surface area contributed by atoms with Crippen LogP contribution in [0, 0.1) is 17.2 Å². The highest BCUT2D eigenvalue weighted by Gasteiger charge is 2.19. The van der Waals surface area contributed by atoms with E-state index in [-0.39, 0.29) is 18.6 Å². The van der Waals surface area contributed by atoms with E-state index in [1.165, 1.54) is 0 Å². The Labute approximate surface area is 107 Å². The van der Waals surface area contributed by atoms with E-state index in [9.17, 15) is 4.79 Å². The summed E-state index contributed by atoms with van der Waals surface area (Å²) in [5.41, 5.74) is 0.967.